The van der Waals surface area contributed by atoms with Crippen LogP contribution < -0.4 is 4.72 Å². The van der Waals surface area contributed by atoms with E-state index in [2.05, 4.69) is 4.72 Å². The Morgan fingerprint density at radius 2 is 1.94 bits per heavy atom. The number of rotatable bonds is 5. The number of aliphatic carboxylic acids is 1. The first-order valence-corrected chi connectivity index (χ1v) is 7.71. The van der Waals surface area contributed by atoms with E-state index in [1.807, 2.05) is 13.8 Å². The summed E-state index contributed by atoms with van der Waals surface area (Å²) in [5.41, 5.74) is 0. The molecule has 0 amide bonds. The van der Waals surface area contributed by atoms with Gasteiger partial charge in [0, 0.05) is 12.6 Å². The average Bonchev–Trinajstić information content (AvgIpc) is 2.28. The quantitative estimate of drug-likeness (QED) is 0.779. The molecular formula is C11H22N2O4S. The van der Waals surface area contributed by atoms with Gasteiger partial charge in [-0.05, 0) is 32.1 Å². The minimum atomic E-state index is -3.72. The summed E-state index contributed by atoms with van der Waals surface area (Å²) in [7, 11) is -3.72. The molecule has 0 bridgehead atoms. The number of carboxylic acids is 1. The first-order chi connectivity index (χ1) is 8.25. The highest BCUT2D eigenvalue weighted by molar-refractivity contribution is 7.87. The number of nitrogens with one attached hydrogen (secondary N) is 1. The third kappa shape index (κ3) is 3.66. The van der Waals surface area contributed by atoms with Gasteiger partial charge in [-0.3, -0.25) is 4.79 Å². The molecule has 1 saturated heterocycles. The van der Waals surface area contributed by atoms with Crippen molar-refractivity contribution in [1.29, 1.82) is 0 Å². The van der Waals surface area contributed by atoms with Crippen molar-refractivity contribution in [2.75, 3.05) is 6.54 Å². The van der Waals surface area contributed by atoms with Crippen LogP contribution in [0.2, 0.25) is 0 Å². The molecule has 106 valence electrons. The van der Waals surface area contributed by atoms with Crippen LogP contribution in [0.5, 0.6) is 0 Å². The van der Waals surface area contributed by atoms with Crippen LogP contribution >= 0.6 is 0 Å². The molecule has 0 aromatic heterocycles. The van der Waals surface area contributed by atoms with Gasteiger partial charge in [-0.25, -0.2) is 0 Å². The van der Waals surface area contributed by atoms with E-state index in [0.717, 1.165) is 10.7 Å². The highest BCUT2D eigenvalue weighted by Crippen LogP contribution is 2.20. The van der Waals surface area contributed by atoms with Crippen LogP contribution in [0.3, 0.4) is 0 Å². The molecule has 18 heavy (non-hydrogen) atoms. The molecule has 1 fully saturated rings. The Morgan fingerprint density at radius 1 is 1.33 bits per heavy atom. The molecule has 0 saturated carbocycles. The maximum Gasteiger partial charge on any atom is 0.322 e. The summed E-state index contributed by atoms with van der Waals surface area (Å²) in [6.07, 6.45) is 1.84. The van der Waals surface area contributed by atoms with E-state index in [0.29, 0.717) is 12.8 Å². The van der Waals surface area contributed by atoms with Crippen LogP contribution in [-0.2, 0) is 15.0 Å². The molecule has 0 spiro atoms. The molecule has 0 aromatic rings. The second-order valence-electron chi connectivity index (χ2n) is 5.12. The molecule has 1 aliphatic rings. The summed E-state index contributed by atoms with van der Waals surface area (Å²) in [4.78, 5) is 11.1. The third-order valence-electron chi connectivity index (χ3n) is 3.38. The van der Waals surface area contributed by atoms with Crippen molar-refractivity contribution < 1.29 is 18.3 Å². The first kappa shape index (κ1) is 15.4. The van der Waals surface area contributed by atoms with Crippen molar-refractivity contribution in [1.82, 2.24) is 9.03 Å². The normalized spacial score (nSPS) is 24.1. The maximum absolute atomic E-state index is 12.2. The molecule has 2 N–H and O–H groups in total. The van der Waals surface area contributed by atoms with Crippen LogP contribution in [-0.4, -0.2) is 42.4 Å². The van der Waals surface area contributed by atoms with Gasteiger partial charge in [0.2, 0.25) is 0 Å². The zero-order valence-corrected chi connectivity index (χ0v) is 11.9. The maximum atomic E-state index is 12.2. The Labute approximate surface area is 109 Å². The summed E-state index contributed by atoms with van der Waals surface area (Å²) < 4.78 is 28.0. The number of hydrogen-bond acceptors (Lipinski definition) is 3. The van der Waals surface area contributed by atoms with E-state index in [1.54, 1.807) is 6.92 Å². The number of piperidine rings is 1. The van der Waals surface area contributed by atoms with E-state index in [-0.39, 0.29) is 18.5 Å². The highest BCUT2D eigenvalue weighted by Gasteiger charge is 2.37. The molecule has 1 rings (SSSR count). The van der Waals surface area contributed by atoms with Gasteiger partial charge in [0.05, 0.1) is 0 Å². The Kier molecular flexibility index (Phi) is 5.12. The van der Waals surface area contributed by atoms with Crippen molar-refractivity contribution in [2.45, 2.75) is 52.1 Å². The number of carbonyl (C=O) groups is 1. The molecule has 7 heteroatoms. The van der Waals surface area contributed by atoms with Crippen molar-refractivity contribution in [2.24, 2.45) is 5.92 Å². The monoisotopic (exact) mass is 278 g/mol. The smallest absolute Gasteiger partial charge is 0.322 e. The minimum absolute atomic E-state index is 0.160. The average molecular weight is 278 g/mol. The molecule has 0 aliphatic carbocycles. The molecule has 1 aliphatic heterocycles. The number of carboxylic acid groups (broad SMARTS) is 1. The van der Waals surface area contributed by atoms with Gasteiger partial charge in [-0.15, -0.1) is 0 Å². The standard InChI is InChI=1S/C11H22N2O4S/c1-8(2)9(3)12-18(16,17)13-7-5-4-6-10(13)11(14)15/h8-10,12H,4-7H2,1-3H3,(H,14,15). The lowest BCUT2D eigenvalue weighted by Gasteiger charge is -2.33. The summed E-state index contributed by atoms with van der Waals surface area (Å²) >= 11 is 0. The van der Waals surface area contributed by atoms with Gasteiger partial charge in [-0.1, -0.05) is 13.8 Å². The van der Waals surface area contributed by atoms with E-state index in [1.165, 1.54) is 0 Å². The first-order valence-electron chi connectivity index (χ1n) is 6.27. The summed E-state index contributed by atoms with van der Waals surface area (Å²) in [5, 5.41) is 9.08. The zero-order valence-electron chi connectivity index (χ0n) is 11.1. The van der Waals surface area contributed by atoms with Crippen molar-refractivity contribution in [3.05, 3.63) is 0 Å². The lowest BCUT2D eigenvalue weighted by atomic mass is 10.1. The second-order valence-corrected chi connectivity index (χ2v) is 6.77. The molecule has 0 radical (unpaired) electrons. The van der Waals surface area contributed by atoms with Crippen LogP contribution in [0.4, 0.5) is 0 Å². The van der Waals surface area contributed by atoms with Gasteiger partial charge in [0.25, 0.3) is 10.2 Å². The van der Waals surface area contributed by atoms with Crippen LogP contribution in [0.15, 0.2) is 0 Å². The summed E-state index contributed by atoms with van der Waals surface area (Å²) in [5.74, 6) is -0.912. The predicted octanol–water partition coefficient (Wildman–Crippen LogP) is 0.804. The van der Waals surface area contributed by atoms with Crippen LogP contribution in [0, 0.1) is 5.92 Å². The van der Waals surface area contributed by atoms with E-state index >= 15 is 0 Å². The summed E-state index contributed by atoms with van der Waals surface area (Å²) in [6.45, 7) is 5.88. The molecular weight excluding hydrogens is 256 g/mol. The van der Waals surface area contributed by atoms with Gasteiger partial charge in [0.1, 0.15) is 6.04 Å². The lowest BCUT2D eigenvalue weighted by Crippen LogP contribution is -2.54. The lowest BCUT2D eigenvalue weighted by molar-refractivity contribution is -0.142. The van der Waals surface area contributed by atoms with E-state index in [9.17, 15) is 13.2 Å². The molecule has 6 nitrogen and oxygen atoms in total. The Bertz CT molecular complexity index is 394. The topological polar surface area (TPSA) is 86.7 Å². The highest BCUT2D eigenvalue weighted by atomic mass is 32.2. The van der Waals surface area contributed by atoms with Gasteiger partial charge >= 0.3 is 5.97 Å². The Morgan fingerprint density at radius 3 is 2.44 bits per heavy atom. The Balaban J connectivity index is 2.84. The second kappa shape index (κ2) is 5.99. The molecule has 2 atom stereocenters. The van der Waals surface area contributed by atoms with Crippen LogP contribution in [0.1, 0.15) is 40.0 Å². The number of nitrogens with zero attached hydrogens (tertiary/aromatic N) is 1. The number of hydrogen-bond donors (Lipinski definition) is 2. The van der Waals surface area contributed by atoms with Crippen LogP contribution in [0.25, 0.3) is 0 Å². The SMILES string of the molecule is CC(C)C(C)NS(=O)(=O)N1CCCCC1C(=O)O. The fourth-order valence-corrected chi connectivity index (χ4v) is 3.66. The van der Waals surface area contributed by atoms with Gasteiger partial charge in [0.15, 0.2) is 0 Å². The Hall–Kier alpha value is -0.660. The van der Waals surface area contributed by atoms with Gasteiger partial charge < -0.3 is 5.11 Å². The fraction of sp³-hybridized carbons (Fsp3) is 0.909. The molecule has 1 heterocycles. The van der Waals surface area contributed by atoms with E-state index in [4.69, 9.17) is 5.11 Å². The van der Waals surface area contributed by atoms with Crippen molar-refractivity contribution in [3.8, 4) is 0 Å². The van der Waals surface area contributed by atoms with Crippen molar-refractivity contribution >= 4 is 16.2 Å². The fourth-order valence-electron chi connectivity index (χ4n) is 1.88. The largest absolute Gasteiger partial charge is 0.480 e. The predicted molar refractivity (Wildman–Crippen MR) is 68.3 cm³/mol. The minimum Gasteiger partial charge on any atom is -0.480 e. The third-order valence-corrected chi connectivity index (χ3v) is 5.11. The summed E-state index contributed by atoms with van der Waals surface area (Å²) in [6, 6.07) is -1.15. The molecule has 2 unspecified atom stereocenters. The van der Waals surface area contributed by atoms with Gasteiger partial charge in [-0.2, -0.15) is 17.4 Å². The zero-order chi connectivity index (χ0) is 13.9. The van der Waals surface area contributed by atoms with E-state index < -0.39 is 22.2 Å². The van der Waals surface area contributed by atoms with Crippen molar-refractivity contribution in [3.63, 3.8) is 0 Å². The molecule has 0 aromatic carbocycles.